The van der Waals surface area contributed by atoms with Crippen LogP contribution in [0.4, 0.5) is 5.00 Å². The van der Waals surface area contributed by atoms with Gasteiger partial charge in [-0.1, -0.05) is 70.6 Å². The number of primary amides is 1. The number of thioether (sulfide) groups is 1. The maximum absolute atomic E-state index is 12.9. The van der Waals surface area contributed by atoms with Crippen molar-refractivity contribution in [3.05, 3.63) is 86.7 Å². The molecular weight excluding hydrogens is 611 g/mol. The fourth-order valence-corrected chi connectivity index (χ4v) is 6.29. The molecule has 4 aromatic rings. The average molecular weight is 636 g/mol. The highest BCUT2D eigenvalue weighted by molar-refractivity contribution is 7.99. The molecule has 0 radical (unpaired) electrons. The number of nitrogens with one attached hydrogen (secondary N) is 1. The number of hydrogen-bond acceptors (Lipinski definition) is 8. The molecule has 2 aromatic carbocycles. The molecular formula is C26H24Cl2N6O3S3. The first kappa shape index (κ1) is 29.8. The smallest absolute Gasteiger partial charge is 0.268 e. The van der Waals surface area contributed by atoms with Gasteiger partial charge in [0.1, 0.15) is 22.3 Å². The number of thiazole rings is 1. The minimum atomic E-state index is -0.687. The number of hydrogen-bond donors (Lipinski definition) is 2. The highest BCUT2D eigenvalue weighted by Gasteiger charge is 2.21. The number of nitrogens with two attached hydrogens (primary N) is 1. The van der Waals surface area contributed by atoms with Gasteiger partial charge in [-0.15, -0.1) is 16.8 Å². The number of amides is 2. The van der Waals surface area contributed by atoms with E-state index >= 15 is 0 Å². The number of carbonyl (C=O) groups excluding carboxylic acids is 2. The van der Waals surface area contributed by atoms with E-state index in [1.165, 1.54) is 11.8 Å². The van der Waals surface area contributed by atoms with Crippen LogP contribution in [0.25, 0.3) is 5.69 Å². The second-order valence-electron chi connectivity index (χ2n) is 8.24. The third kappa shape index (κ3) is 7.32. The molecule has 0 aliphatic carbocycles. The van der Waals surface area contributed by atoms with Gasteiger partial charge < -0.3 is 20.4 Å². The highest BCUT2D eigenvalue weighted by atomic mass is 35.5. The van der Waals surface area contributed by atoms with Crippen molar-refractivity contribution in [2.45, 2.75) is 24.5 Å². The van der Waals surface area contributed by atoms with E-state index in [4.69, 9.17) is 45.9 Å². The monoisotopic (exact) mass is 634 g/mol. The maximum atomic E-state index is 12.9. The molecule has 0 spiro atoms. The number of allylic oxidation sites excluding steroid dienone is 1. The molecule has 0 atom stereocenters. The summed E-state index contributed by atoms with van der Waals surface area (Å²) in [5.74, 6) is 0.268. The summed E-state index contributed by atoms with van der Waals surface area (Å²) in [5, 5.41) is 13.3. The van der Waals surface area contributed by atoms with Crippen LogP contribution in [0.1, 0.15) is 22.7 Å². The molecule has 2 amide bonds. The van der Waals surface area contributed by atoms with Crippen molar-refractivity contribution >= 4 is 75.3 Å². The minimum Gasteiger partial charge on any atom is -0.492 e. The zero-order chi connectivity index (χ0) is 28.6. The van der Waals surface area contributed by atoms with Crippen LogP contribution < -0.4 is 15.8 Å². The van der Waals surface area contributed by atoms with Gasteiger partial charge >= 0.3 is 0 Å². The molecule has 0 saturated carbocycles. The minimum absolute atomic E-state index is 0.0213. The van der Waals surface area contributed by atoms with E-state index in [9.17, 15) is 9.59 Å². The van der Waals surface area contributed by atoms with Crippen molar-refractivity contribution in [3.8, 4) is 11.4 Å². The second kappa shape index (κ2) is 14.0. The number of para-hydroxylation sites is 1. The van der Waals surface area contributed by atoms with Crippen LogP contribution in [0.2, 0.25) is 10.0 Å². The van der Waals surface area contributed by atoms with E-state index in [0.29, 0.717) is 55.9 Å². The number of halogens is 2. The lowest BCUT2D eigenvalue weighted by molar-refractivity contribution is -0.113. The van der Waals surface area contributed by atoms with Gasteiger partial charge in [0.15, 0.2) is 9.11 Å². The number of carbonyl (C=O) groups is 2. The topological polar surface area (TPSA) is 117 Å². The summed E-state index contributed by atoms with van der Waals surface area (Å²) in [6.45, 7) is 4.39. The quantitative estimate of drug-likeness (QED) is 0.0779. The van der Waals surface area contributed by atoms with Crippen LogP contribution >= 0.6 is 58.5 Å². The van der Waals surface area contributed by atoms with Crippen molar-refractivity contribution < 1.29 is 14.3 Å². The summed E-state index contributed by atoms with van der Waals surface area (Å²) in [4.78, 5) is 24.9. The lowest BCUT2D eigenvalue weighted by Gasteiger charge is -2.11. The van der Waals surface area contributed by atoms with Gasteiger partial charge in [-0.2, -0.15) is 0 Å². The summed E-state index contributed by atoms with van der Waals surface area (Å²) in [6, 6.07) is 14.7. The van der Waals surface area contributed by atoms with Gasteiger partial charge in [0.25, 0.3) is 5.91 Å². The zero-order valence-electron chi connectivity index (χ0n) is 21.0. The van der Waals surface area contributed by atoms with Gasteiger partial charge in [-0.3, -0.25) is 14.2 Å². The summed E-state index contributed by atoms with van der Waals surface area (Å²) in [7, 11) is 0. The van der Waals surface area contributed by atoms with Gasteiger partial charge in [-0.25, -0.2) is 0 Å². The highest BCUT2D eigenvalue weighted by Crippen LogP contribution is 2.29. The first-order valence-corrected chi connectivity index (χ1v) is 14.9. The van der Waals surface area contributed by atoms with E-state index in [2.05, 4.69) is 22.1 Å². The number of nitrogens with zero attached hydrogens (tertiary/aromatic N) is 4. The molecule has 0 bridgehead atoms. The average Bonchev–Trinajstić information content (AvgIpc) is 3.47. The SMILES string of the molecule is C=CCn1c(C(N)=O)c(NC(=O)CSc2nnc(CCCOc3ccc(Cl)cc3Cl)n2-c2ccccc2)sc1=S. The van der Waals surface area contributed by atoms with Gasteiger partial charge in [0.2, 0.25) is 5.91 Å². The number of benzene rings is 2. The molecule has 0 saturated heterocycles. The third-order valence-electron chi connectivity index (χ3n) is 5.44. The molecule has 208 valence electrons. The van der Waals surface area contributed by atoms with E-state index in [1.807, 2.05) is 34.9 Å². The Bertz CT molecular complexity index is 1590. The fraction of sp³-hybridized carbons (Fsp3) is 0.192. The Balaban J connectivity index is 1.44. The molecule has 14 heteroatoms. The predicted octanol–water partition coefficient (Wildman–Crippen LogP) is 6.19. The van der Waals surface area contributed by atoms with Crippen LogP contribution in [0.15, 0.2) is 66.3 Å². The Morgan fingerprint density at radius 1 is 1.20 bits per heavy atom. The van der Waals surface area contributed by atoms with E-state index in [0.717, 1.165) is 22.8 Å². The van der Waals surface area contributed by atoms with Crippen molar-refractivity contribution in [1.82, 2.24) is 19.3 Å². The first-order valence-electron chi connectivity index (χ1n) is 11.9. The Morgan fingerprint density at radius 2 is 1.98 bits per heavy atom. The molecule has 0 unspecified atom stereocenters. The summed E-state index contributed by atoms with van der Waals surface area (Å²) in [5.41, 5.74) is 6.56. The van der Waals surface area contributed by atoms with Gasteiger partial charge in [-0.05, 0) is 49.0 Å². The Morgan fingerprint density at radius 3 is 2.67 bits per heavy atom. The van der Waals surface area contributed by atoms with E-state index in [1.54, 1.807) is 28.8 Å². The second-order valence-corrected chi connectivity index (χ2v) is 11.7. The zero-order valence-corrected chi connectivity index (χ0v) is 25.0. The van der Waals surface area contributed by atoms with Crippen molar-refractivity contribution in [2.75, 3.05) is 17.7 Å². The Hall–Kier alpha value is -3.16. The third-order valence-corrected chi connectivity index (χ3v) is 8.26. The van der Waals surface area contributed by atoms with Crippen LogP contribution in [0.3, 0.4) is 0 Å². The number of aromatic nitrogens is 4. The molecule has 2 heterocycles. The standard InChI is InChI=1S/C26H24Cl2N6O3S3/c1-2-12-33-22(23(29)36)24(40-26(33)38)30-21(35)15-39-25-32-31-20(34(25)17-7-4-3-5-8-17)9-6-13-37-19-11-10-16(27)14-18(19)28/h2-5,7-8,10-11,14H,1,6,9,12-13,15H2,(H2,29,36)(H,30,35). The number of rotatable bonds is 13. The first-order chi connectivity index (χ1) is 19.3. The molecule has 3 N–H and O–H groups in total. The number of ether oxygens (including phenoxy) is 1. The molecule has 40 heavy (non-hydrogen) atoms. The van der Waals surface area contributed by atoms with Crippen LogP contribution in [-0.4, -0.2) is 43.5 Å². The molecule has 9 nitrogen and oxygen atoms in total. The largest absolute Gasteiger partial charge is 0.492 e. The molecule has 0 aliphatic rings. The predicted molar refractivity (Wildman–Crippen MR) is 163 cm³/mol. The molecule has 0 fully saturated rings. The molecule has 4 rings (SSSR count). The van der Waals surface area contributed by atoms with E-state index in [-0.39, 0.29) is 17.4 Å². The lowest BCUT2D eigenvalue weighted by Crippen LogP contribution is -2.21. The maximum Gasteiger partial charge on any atom is 0.268 e. The summed E-state index contributed by atoms with van der Waals surface area (Å²) < 4.78 is 9.66. The summed E-state index contributed by atoms with van der Waals surface area (Å²) in [6.07, 6.45) is 2.82. The molecule has 0 aliphatic heterocycles. The van der Waals surface area contributed by atoms with Gasteiger partial charge in [0, 0.05) is 23.7 Å². The number of anilines is 1. The van der Waals surface area contributed by atoms with Crippen molar-refractivity contribution in [2.24, 2.45) is 5.73 Å². The Labute approximate surface area is 254 Å². The van der Waals surface area contributed by atoms with Crippen LogP contribution in [-0.2, 0) is 17.8 Å². The van der Waals surface area contributed by atoms with Crippen LogP contribution in [0.5, 0.6) is 5.75 Å². The Kier molecular flexibility index (Phi) is 10.4. The van der Waals surface area contributed by atoms with Crippen molar-refractivity contribution in [3.63, 3.8) is 0 Å². The fourth-order valence-electron chi connectivity index (χ4n) is 3.72. The lowest BCUT2D eigenvalue weighted by atomic mass is 10.2. The normalized spacial score (nSPS) is 10.8. The number of aryl methyl sites for hydroxylation is 1. The van der Waals surface area contributed by atoms with Gasteiger partial charge in [0.05, 0.1) is 17.4 Å². The van der Waals surface area contributed by atoms with Crippen molar-refractivity contribution in [1.29, 1.82) is 0 Å². The van der Waals surface area contributed by atoms with E-state index < -0.39 is 5.91 Å². The summed E-state index contributed by atoms with van der Waals surface area (Å²) >= 11 is 19.8. The molecule has 2 aromatic heterocycles. The van der Waals surface area contributed by atoms with Crippen LogP contribution in [0, 0.1) is 3.95 Å².